The first-order valence-corrected chi connectivity index (χ1v) is 36.3. The van der Waals surface area contributed by atoms with Crippen molar-refractivity contribution in [2.24, 2.45) is 16.2 Å². The summed E-state index contributed by atoms with van der Waals surface area (Å²) < 4.78 is 12.5. The Morgan fingerprint density at radius 3 is 1.31 bits per heavy atom. The smallest absolute Gasteiger partial charge is 0.238 e. The zero-order chi connectivity index (χ0) is 70.1. The van der Waals surface area contributed by atoms with E-state index in [2.05, 4.69) is 347 Å². The molecule has 100 heavy (non-hydrogen) atoms. The lowest BCUT2D eigenvalue weighted by atomic mass is 9.59. The van der Waals surface area contributed by atoms with Crippen LogP contribution >= 0.6 is 0 Å². The molecule has 0 radical (unpaired) electrons. The molecule has 5 aliphatic rings. The SMILES string of the molecule is CC1(C)c2ccc(-c3cccc(-c4nc(-c5ccccc5)nc(-n5c6cc7c(cc6c6ccc8c9cc%10c(cc9n(-c9ccccc9)c8c65)C(C)(C)C(C)(C)C%10(C)C)C(C)(C)C(C)(C)C7(C)C)n4)c3)cc2-c2c1ccc1c2Oc2cc3c(cc2N1c1ccccc1)C(C)(C)C(C)(C)C3(C)C. The maximum Gasteiger partial charge on any atom is 0.238 e. The largest absolute Gasteiger partial charge is 0.452 e. The van der Waals surface area contributed by atoms with Crippen LogP contribution in [0, 0.1) is 16.2 Å². The van der Waals surface area contributed by atoms with E-state index in [1.54, 1.807) is 0 Å². The summed E-state index contributed by atoms with van der Waals surface area (Å²) >= 11 is 0. The summed E-state index contributed by atoms with van der Waals surface area (Å²) in [7, 11) is 0. The number of nitrogens with zero attached hydrogens (tertiary/aromatic N) is 6. The van der Waals surface area contributed by atoms with Gasteiger partial charge >= 0.3 is 0 Å². The molecule has 0 saturated carbocycles. The average molecular weight is 1310 g/mol. The van der Waals surface area contributed by atoms with Crippen LogP contribution in [0.25, 0.3) is 100 Å². The standard InChI is InChI=1S/C93H92N6O/c1-84(2)64-42-39-55(46-63(64)77-65(84)43-44-72-80(77)100-76-52-71-70(89(11,12)93(19,20)90(71,13)14)51-75(76)97(72)57-35-26-22-27-36-57)54-33-30-34-56(45-54)82-94-81(53-31-24-21-25-32-53)95-83(96-82)99-74-50-69-67(86(5,6)92(17,18)88(69,9)10)48-62(74)60-41-40-59-61-47-66-68(87(7,8)91(15,16)85(66,3)4)49-73(61)98(78(59)79(60)99)58-37-28-23-29-38-58/h21-52H,1-20H3. The van der Waals surface area contributed by atoms with Crippen LogP contribution in [0.4, 0.5) is 17.1 Å². The van der Waals surface area contributed by atoms with E-state index in [0.717, 1.165) is 84.0 Å². The fourth-order valence-corrected chi connectivity index (χ4v) is 19.5. The zero-order valence-corrected chi connectivity index (χ0v) is 62.1. The van der Waals surface area contributed by atoms with Gasteiger partial charge in [-0.05, 0) is 189 Å². The Balaban J connectivity index is 0.857. The summed E-state index contributed by atoms with van der Waals surface area (Å²) in [6.07, 6.45) is 0. The molecule has 0 saturated heterocycles. The predicted octanol–water partition coefficient (Wildman–Crippen LogP) is 24.7. The van der Waals surface area contributed by atoms with Gasteiger partial charge in [-0.25, -0.2) is 4.98 Å². The Labute approximate surface area is 590 Å². The lowest BCUT2D eigenvalue weighted by Gasteiger charge is -2.44. The fraction of sp³-hybridized carbons (Fsp3) is 0.323. The molecule has 3 aromatic heterocycles. The van der Waals surface area contributed by atoms with Gasteiger partial charge in [-0.1, -0.05) is 254 Å². The van der Waals surface area contributed by atoms with Crippen molar-refractivity contribution < 1.29 is 4.74 Å². The second kappa shape index (κ2) is 19.7. The highest BCUT2D eigenvalue weighted by Gasteiger charge is 2.60. The quantitative estimate of drug-likeness (QED) is 0.166. The topological polar surface area (TPSA) is 61.0 Å². The van der Waals surface area contributed by atoms with Gasteiger partial charge in [0.25, 0.3) is 0 Å². The molecule has 0 bridgehead atoms. The first-order chi connectivity index (χ1) is 47.2. The molecule has 500 valence electrons. The Kier molecular flexibility index (Phi) is 12.3. The van der Waals surface area contributed by atoms with Crippen LogP contribution in [0.2, 0.25) is 0 Å². The van der Waals surface area contributed by atoms with Crippen LogP contribution in [0.5, 0.6) is 11.5 Å². The van der Waals surface area contributed by atoms with Crippen LogP contribution in [0.1, 0.15) is 183 Å². The lowest BCUT2D eigenvalue weighted by molar-refractivity contribution is 0.125. The molecular formula is C93H92N6O. The normalized spacial score (nSPS) is 19.5. The van der Waals surface area contributed by atoms with Gasteiger partial charge in [-0.2, -0.15) is 9.97 Å². The number of ether oxygens (including phenoxy) is 1. The highest BCUT2D eigenvalue weighted by atomic mass is 16.5. The number of hydrogen-bond acceptors (Lipinski definition) is 5. The van der Waals surface area contributed by atoms with Crippen molar-refractivity contribution in [1.82, 2.24) is 24.1 Å². The van der Waals surface area contributed by atoms with Crippen LogP contribution in [-0.2, 0) is 37.9 Å². The minimum Gasteiger partial charge on any atom is -0.452 e. The van der Waals surface area contributed by atoms with E-state index in [1.807, 2.05) is 0 Å². The van der Waals surface area contributed by atoms with Crippen molar-refractivity contribution in [1.29, 1.82) is 0 Å². The highest BCUT2D eigenvalue weighted by Crippen LogP contribution is 2.68. The maximum atomic E-state index is 7.53. The molecule has 1 aliphatic heterocycles. The zero-order valence-electron chi connectivity index (χ0n) is 62.1. The van der Waals surface area contributed by atoms with E-state index in [1.165, 1.54) is 71.7 Å². The summed E-state index contributed by atoms with van der Waals surface area (Å²) in [6, 6.07) is 72.7. The van der Waals surface area contributed by atoms with Crippen LogP contribution in [0.15, 0.2) is 194 Å². The molecule has 10 aromatic carbocycles. The van der Waals surface area contributed by atoms with Crippen molar-refractivity contribution in [2.45, 2.75) is 176 Å². The Bertz CT molecular complexity index is 5750. The maximum absolute atomic E-state index is 7.53. The fourth-order valence-electron chi connectivity index (χ4n) is 19.5. The van der Waals surface area contributed by atoms with Gasteiger partial charge in [0.15, 0.2) is 23.1 Å². The summed E-state index contributed by atoms with van der Waals surface area (Å²) in [6.45, 7) is 48.7. The Hall–Kier alpha value is -9.59. The van der Waals surface area contributed by atoms with E-state index in [0.29, 0.717) is 17.6 Å². The molecular weight excluding hydrogens is 1220 g/mol. The van der Waals surface area contributed by atoms with E-state index in [-0.39, 0.29) is 54.1 Å². The first-order valence-electron chi connectivity index (χ1n) is 36.3. The van der Waals surface area contributed by atoms with E-state index in [4.69, 9.17) is 19.7 Å². The van der Waals surface area contributed by atoms with Crippen molar-refractivity contribution in [3.8, 4) is 68.2 Å². The number of fused-ring (bicyclic) bond motifs is 16. The molecule has 13 aromatic rings. The lowest BCUT2D eigenvalue weighted by Crippen LogP contribution is -2.42. The molecule has 4 aliphatic carbocycles. The molecule has 7 heteroatoms. The second-order valence-electron chi connectivity index (χ2n) is 35.4. The van der Waals surface area contributed by atoms with Crippen LogP contribution in [-0.4, -0.2) is 24.1 Å². The molecule has 7 nitrogen and oxygen atoms in total. The van der Waals surface area contributed by atoms with E-state index < -0.39 is 0 Å². The van der Waals surface area contributed by atoms with Gasteiger partial charge in [-0.3, -0.25) is 4.57 Å². The third-order valence-electron chi connectivity index (χ3n) is 29.3. The monoisotopic (exact) mass is 1310 g/mol. The Morgan fingerprint density at radius 1 is 0.310 bits per heavy atom. The van der Waals surface area contributed by atoms with Gasteiger partial charge < -0.3 is 14.2 Å². The third kappa shape index (κ3) is 7.64. The van der Waals surface area contributed by atoms with Gasteiger partial charge in [0.2, 0.25) is 5.95 Å². The minimum atomic E-state index is -0.300. The minimum absolute atomic E-state index is 0.00854. The number of aromatic nitrogens is 5. The van der Waals surface area contributed by atoms with Gasteiger partial charge in [0.05, 0.1) is 33.4 Å². The van der Waals surface area contributed by atoms with Gasteiger partial charge in [-0.15, -0.1) is 0 Å². The van der Waals surface area contributed by atoms with Crippen molar-refractivity contribution in [3.05, 3.63) is 239 Å². The molecule has 0 fully saturated rings. The van der Waals surface area contributed by atoms with Crippen molar-refractivity contribution >= 4 is 60.7 Å². The molecule has 0 atom stereocenters. The van der Waals surface area contributed by atoms with Crippen LogP contribution < -0.4 is 9.64 Å². The molecule has 0 spiro atoms. The summed E-state index contributed by atoms with van der Waals surface area (Å²) in [5, 5.41) is 4.79. The van der Waals surface area contributed by atoms with Gasteiger partial charge in [0, 0.05) is 55.0 Å². The molecule has 0 amide bonds. The van der Waals surface area contributed by atoms with E-state index in [9.17, 15) is 0 Å². The summed E-state index contributed by atoms with van der Waals surface area (Å²) in [5.41, 5.74) is 24.9. The molecule has 18 rings (SSSR count). The van der Waals surface area contributed by atoms with Gasteiger partial charge in [0.1, 0.15) is 0 Å². The molecule has 0 unspecified atom stereocenters. The average Bonchev–Trinajstić information content (AvgIpc) is 1.51. The molecule has 4 heterocycles. The van der Waals surface area contributed by atoms with Crippen LogP contribution in [0.3, 0.4) is 0 Å². The van der Waals surface area contributed by atoms with Crippen molar-refractivity contribution in [3.63, 3.8) is 0 Å². The van der Waals surface area contributed by atoms with E-state index >= 15 is 0 Å². The molecule has 0 N–H and O–H groups in total. The first kappa shape index (κ1) is 62.6. The highest BCUT2D eigenvalue weighted by molar-refractivity contribution is 6.24. The number of anilines is 3. The number of para-hydroxylation sites is 2. The summed E-state index contributed by atoms with van der Waals surface area (Å²) in [5.74, 6) is 3.55. The Morgan fingerprint density at radius 2 is 0.750 bits per heavy atom. The predicted molar refractivity (Wildman–Crippen MR) is 417 cm³/mol. The number of benzene rings is 10. The summed E-state index contributed by atoms with van der Waals surface area (Å²) in [4.78, 5) is 19.5. The third-order valence-corrected chi connectivity index (χ3v) is 29.3. The number of rotatable bonds is 6. The number of hydrogen-bond donors (Lipinski definition) is 0. The second-order valence-corrected chi connectivity index (χ2v) is 35.4. The van der Waals surface area contributed by atoms with Crippen molar-refractivity contribution in [2.75, 3.05) is 4.90 Å².